The normalized spacial score (nSPS) is 21.0. The summed E-state index contributed by atoms with van der Waals surface area (Å²) in [6.45, 7) is 2.35. The minimum Gasteiger partial charge on any atom is -0.464 e. The summed E-state index contributed by atoms with van der Waals surface area (Å²) in [5.74, 6) is 2.40. The molecule has 3 aromatic carbocycles. The van der Waals surface area contributed by atoms with Crippen LogP contribution < -0.4 is 14.2 Å². The van der Waals surface area contributed by atoms with E-state index in [2.05, 4.69) is 58.2 Å². The molecule has 6 rings (SSSR count). The molecule has 30 heavy (non-hydrogen) atoms. The highest BCUT2D eigenvalue weighted by Crippen LogP contribution is 2.49. The van der Waals surface area contributed by atoms with Crippen molar-refractivity contribution in [1.82, 2.24) is 5.01 Å². The van der Waals surface area contributed by atoms with Gasteiger partial charge in [0.25, 0.3) is 0 Å². The predicted octanol–water partition coefficient (Wildman–Crippen LogP) is 5.73. The lowest BCUT2D eigenvalue weighted by Gasteiger charge is -2.38. The first-order valence-electron chi connectivity index (χ1n) is 9.94. The van der Waals surface area contributed by atoms with E-state index < -0.39 is 0 Å². The summed E-state index contributed by atoms with van der Waals surface area (Å²) in [6, 6.07) is 20.8. The van der Waals surface area contributed by atoms with Crippen molar-refractivity contribution < 1.29 is 14.2 Å². The van der Waals surface area contributed by atoms with E-state index in [9.17, 15) is 0 Å². The van der Waals surface area contributed by atoms with E-state index in [-0.39, 0.29) is 19.1 Å². The molecular weight excluding hydrogens is 444 g/mol. The standard InChI is InChI=1S/C24H19BrN2O3/c1-14-2-4-15(5-3-14)19-12-20-18-11-17(25)7-9-21(18)30-24(27(20)26-19)16-6-8-22-23(10-16)29-13-28-22/h2-11,20,24H,12-13H2,1H3. The molecule has 0 amide bonds. The lowest BCUT2D eigenvalue weighted by Crippen LogP contribution is -2.33. The third-order valence-corrected chi connectivity index (χ3v) is 6.31. The highest BCUT2D eigenvalue weighted by molar-refractivity contribution is 9.10. The van der Waals surface area contributed by atoms with E-state index in [1.165, 1.54) is 5.56 Å². The summed E-state index contributed by atoms with van der Waals surface area (Å²) in [7, 11) is 0. The zero-order valence-electron chi connectivity index (χ0n) is 16.3. The molecule has 0 aromatic heterocycles. The van der Waals surface area contributed by atoms with Gasteiger partial charge in [0.05, 0.1) is 11.8 Å². The van der Waals surface area contributed by atoms with Crippen LogP contribution in [0.4, 0.5) is 0 Å². The molecule has 0 fully saturated rings. The SMILES string of the molecule is Cc1ccc(C2=NN3C(C2)c2cc(Br)ccc2OC3c2ccc3c(c2)OCO3)cc1. The number of fused-ring (bicyclic) bond motifs is 4. The number of halogens is 1. The average molecular weight is 463 g/mol. The van der Waals surface area contributed by atoms with Crippen LogP contribution in [0, 0.1) is 6.92 Å². The number of hydrogen-bond donors (Lipinski definition) is 0. The maximum Gasteiger partial charge on any atom is 0.231 e. The largest absolute Gasteiger partial charge is 0.464 e. The van der Waals surface area contributed by atoms with Gasteiger partial charge in [-0.1, -0.05) is 45.8 Å². The molecule has 3 aliphatic rings. The van der Waals surface area contributed by atoms with Gasteiger partial charge in [-0.2, -0.15) is 5.10 Å². The quantitative estimate of drug-likeness (QED) is 0.487. The van der Waals surface area contributed by atoms with Crippen molar-refractivity contribution in [3.05, 3.63) is 87.4 Å². The number of hydrogen-bond acceptors (Lipinski definition) is 5. The number of hydrazone groups is 1. The average Bonchev–Trinajstić information content (AvgIpc) is 3.40. The van der Waals surface area contributed by atoms with Crippen molar-refractivity contribution in [3.63, 3.8) is 0 Å². The molecule has 2 unspecified atom stereocenters. The van der Waals surface area contributed by atoms with Gasteiger partial charge in [-0.25, -0.2) is 5.01 Å². The Morgan fingerprint density at radius 3 is 2.60 bits per heavy atom. The Kier molecular flexibility index (Phi) is 4.03. The third-order valence-electron chi connectivity index (χ3n) is 5.82. The van der Waals surface area contributed by atoms with E-state index in [1.807, 2.05) is 30.3 Å². The summed E-state index contributed by atoms with van der Waals surface area (Å²) >= 11 is 3.61. The Balaban J connectivity index is 1.45. The van der Waals surface area contributed by atoms with Crippen LogP contribution >= 0.6 is 15.9 Å². The Morgan fingerprint density at radius 1 is 0.933 bits per heavy atom. The summed E-state index contributed by atoms with van der Waals surface area (Å²) in [4.78, 5) is 0. The molecule has 0 aliphatic carbocycles. The first-order chi connectivity index (χ1) is 14.7. The second-order valence-corrected chi connectivity index (χ2v) is 8.69. The van der Waals surface area contributed by atoms with Crippen LogP contribution in [0.3, 0.4) is 0 Å². The monoisotopic (exact) mass is 462 g/mol. The Labute approximate surface area is 183 Å². The van der Waals surface area contributed by atoms with Crippen molar-refractivity contribution in [2.75, 3.05) is 6.79 Å². The predicted molar refractivity (Wildman–Crippen MR) is 117 cm³/mol. The van der Waals surface area contributed by atoms with E-state index >= 15 is 0 Å². The highest BCUT2D eigenvalue weighted by Gasteiger charge is 2.41. The summed E-state index contributed by atoms with van der Waals surface area (Å²) in [6.07, 6.45) is 0.498. The molecule has 5 nitrogen and oxygen atoms in total. The maximum absolute atomic E-state index is 6.45. The zero-order valence-corrected chi connectivity index (χ0v) is 17.9. The maximum atomic E-state index is 6.45. The van der Waals surface area contributed by atoms with E-state index in [1.54, 1.807) is 0 Å². The van der Waals surface area contributed by atoms with Crippen LogP contribution in [0.25, 0.3) is 0 Å². The first kappa shape index (κ1) is 17.8. The molecule has 0 saturated carbocycles. The van der Waals surface area contributed by atoms with Gasteiger partial charge in [0, 0.05) is 22.0 Å². The lowest BCUT2D eigenvalue weighted by molar-refractivity contribution is -0.0191. The number of benzene rings is 3. The van der Waals surface area contributed by atoms with Gasteiger partial charge < -0.3 is 14.2 Å². The molecule has 150 valence electrons. The van der Waals surface area contributed by atoms with Gasteiger partial charge in [0.1, 0.15) is 5.75 Å². The second-order valence-electron chi connectivity index (χ2n) is 7.78. The van der Waals surface area contributed by atoms with Crippen molar-refractivity contribution >= 4 is 21.6 Å². The number of rotatable bonds is 2. The molecule has 6 heteroatoms. The van der Waals surface area contributed by atoms with Crippen molar-refractivity contribution in [3.8, 4) is 17.2 Å². The summed E-state index contributed by atoms with van der Waals surface area (Å²) < 4.78 is 18.6. The zero-order chi connectivity index (χ0) is 20.2. The Bertz CT molecular complexity index is 1180. The molecule has 0 saturated heterocycles. The molecule has 0 spiro atoms. The molecule has 3 aliphatic heterocycles. The van der Waals surface area contributed by atoms with Gasteiger partial charge >= 0.3 is 0 Å². The number of aryl methyl sites for hydroxylation is 1. The van der Waals surface area contributed by atoms with Gasteiger partial charge in [0.15, 0.2) is 11.5 Å². The Morgan fingerprint density at radius 2 is 1.73 bits per heavy atom. The third kappa shape index (κ3) is 2.86. The van der Waals surface area contributed by atoms with E-state index in [4.69, 9.17) is 19.3 Å². The van der Waals surface area contributed by atoms with Crippen LogP contribution in [0.5, 0.6) is 17.2 Å². The number of ether oxygens (including phenoxy) is 3. The van der Waals surface area contributed by atoms with Crippen molar-refractivity contribution in [2.24, 2.45) is 5.10 Å². The van der Waals surface area contributed by atoms with Crippen LogP contribution in [-0.4, -0.2) is 17.5 Å². The van der Waals surface area contributed by atoms with Gasteiger partial charge in [-0.15, -0.1) is 0 Å². The molecule has 0 radical (unpaired) electrons. The topological polar surface area (TPSA) is 43.3 Å². The van der Waals surface area contributed by atoms with Crippen molar-refractivity contribution in [1.29, 1.82) is 0 Å². The summed E-state index contributed by atoms with van der Waals surface area (Å²) in [5.41, 5.74) is 5.60. The minimum atomic E-state index is -0.332. The van der Waals surface area contributed by atoms with Crippen LogP contribution in [0.15, 0.2) is 70.2 Å². The van der Waals surface area contributed by atoms with Crippen LogP contribution in [-0.2, 0) is 0 Å². The second kappa shape index (κ2) is 6.77. The summed E-state index contributed by atoms with van der Waals surface area (Å²) in [5, 5.41) is 7.11. The van der Waals surface area contributed by atoms with Crippen LogP contribution in [0.2, 0.25) is 0 Å². The highest BCUT2D eigenvalue weighted by atomic mass is 79.9. The van der Waals surface area contributed by atoms with E-state index in [0.29, 0.717) is 0 Å². The van der Waals surface area contributed by atoms with Crippen molar-refractivity contribution in [2.45, 2.75) is 25.6 Å². The lowest BCUT2D eigenvalue weighted by atomic mass is 9.95. The molecule has 3 aromatic rings. The van der Waals surface area contributed by atoms with Gasteiger partial charge in [-0.05, 0) is 48.9 Å². The fourth-order valence-corrected chi connectivity index (χ4v) is 4.64. The molecule has 3 heterocycles. The molecule has 2 atom stereocenters. The van der Waals surface area contributed by atoms with Crippen LogP contribution in [0.1, 0.15) is 40.9 Å². The minimum absolute atomic E-state index is 0.109. The number of nitrogens with zero attached hydrogens (tertiary/aromatic N) is 2. The fraction of sp³-hybridized carbons (Fsp3) is 0.208. The molecule has 0 bridgehead atoms. The smallest absolute Gasteiger partial charge is 0.231 e. The fourth-order valence-electron chi connectivity index (χ4n) is 4.27. The molecule has 0 N–H and O–H groups in total. The first-order valence-corrected chi connectivity index (χ1v) is 10.7. The van der Waals surface area contributed by atoms with E-state index in [0.717, 1.165) is 50.5 Å². The van der Waals surface area contributed by atoms with Gasteiger partial charge in [-0.3, -0.25) is 0 Å². The van der Waals surface area contributed by atoms with Gasteiger partial charge in [0.2, 0.25) is 13.0 Å². The molecular formula is C24H19BrN2O3. The Hall–Kier alpha value is -2.99.